The molecule has 0 aliphatic carbocycles. The molecule has 0 spiro atoms. The van der Waals surface area contributed by atoms with Crippen molar-refractivity contribution in [2.75, 3.05) is 0 Å². The maximum atomic E-state index is 5.59. The molecule has 0 atom stereocenters. The van der Waals surface area contributed by atoms with Crippen molar-refractivity contribution in [2.45, 2.75) is 63.1 Å². The van der Waals surface area contributed by atoms with Crippen LogP contribution < -0.4 is 0 Å². The lowest BCUT2D eigenvalue weighted by Crippen LogP contribution is -1.88. The summed E-state index contributed by atoms with van der Waals surface area (Å²) >= 11 is 11.2. The Morgan fingerprint density at radius 1 is 1.00 bits per heavy atom. The first-order valence-corrected chi connectivity index (χ1v) is 6.24. The molecule has 1 radical (unpaired) electrons. The van der Waals surface area contributed by atoms with Gasteiger partial charge in [0.25, 0.3) is 0 Å². The van der Waals surface area contributed by atoms with Crippen molar-refractivity contribution in [1.29, 1.82) is 0 Å². The molecule has 0 aromatic heterocycles. The number of hydrogen-bond donors (Lipinski definition) is 0. The molecule has 0 aliphatic rings. The van der Waals surface area contributed by atoms with E-state index in [4.69, 9.17) is 23.2 Å². The Bertz CT molecular complexity index is 92.1. The molecular weight excluding hydrogens is 203 g/mol. The molecule has 0 aromatic carbocycles. The second-order valence-corrected chi connectivity index (χ2v) is 4.75. The fraction of sp³-hybridized carbons (Fsp3) is 0.909. The maximum Gasteiger partial charge on any atom is 0.108 e. The zero-order chi connectivity index (χ0) is 9.94. The average molecular weight is 224 g/mol. The predicted octanol–water partition coefficient (Wildman–Crippen LogP) is 5.14. The highest BCUT2D eigenvalue weighted by Crippen LogP contribution is 2.13. The summed E-state index contributed by atoms with van der Waals surface area (Å²) in [4.78, 5) is -0.208. The molecule has 0 N–H and O–H groups in total. The van der Waals surface area contributed by atoms with E-state index in [0.29, 0.717) is 0 Å². The standard InChI is InChI=1S/C11H21Cl2/c1-2-3-4-5-6-7-8-9-10-11(12)13/h9,11H,2-8,10H2,1H3. The zero-order valence-electron chi connectivity index (χ0n) is 8.57. The number of hydrogen-bond acceptors (Lipinski definition) is 0. The smallest absolute Gasteiger partial charge is 0.105 e. The molecule has 0 unspecified atom stereocenters. The summed E-state index contributed by atoms with van der Waals surface area (Å²) < 4.78 is 0. The number of halogens is 2. The van der Waals surface area contributed by atoms with Crippen LogP contribution in [0.4, 0.5) is 0 Å². The highest BCUT2D eigenvalue weighted by molar-refractivity contribution is 6.44. The Kier molecular flexibility index (Phi) is 11.1. The van der Waals surface area contributed by atoms with Gasteiger partial charge in [0.2, 0.25) is 0 Å². The second kappa shape index (κ2) is 10.7. The molecule has 79 valence electrons. The van der Waals surface area contributed by atoms with Crippen LogP contribution in [0, 0.1) is 6.42 Å². The van der Waals surface area contributed by atoms with Crippen LogP contribution in [-0.4, -0.2) is 4.84 Å². The highest BCUT2D eigenvalue weighted by atomic mass is 35.5. The van der Waals surface area contributed by atoms with Gasteiger partial charge in [0, 0.05) is 0 Å². The molecule has 0 amide bonds. The lowest BCUT2D eigenvalue weighted by atomic mass is 10.1. The van der Waals surface area contributed by atoms with Crippen LogP contribution in [0.1, 0.15) is 58.3 Å². The summed E-state index contributed by atoms with van der Waals surface area (Å²) in [5, 5.41) is 0. The summed E-state index contributed by atoms with van der Waals surface area (Å²) in [7, 11) is 0. The monoisotopic (exact) mass is 223 g/mol. The third-order valence-corrected chi connectivity index (χ3v) is 2.46. The van der Waals surface area contributed by atoms with Gasteiger partial charge in [-0.3, -0.25) is 0 Å². The van der Waals surface area contributed by atoms with Gasteiger partial charge in [0.15, 0.2) is 0 Å². The van der Waals surface area contributed by atoms with Crippen LogP contribution in [0.5, 0.6) is 0 Å². The van der Waals surface area contributed by atoms with Gasteiger partial charge in [-0.05, 0) is 12.8 Å². The van der Waals surface area contributed by atoms with Crippen molar-refractivity contribution in [3.8, 4) is 0 Å². The Morgan fingerprint density at radius 3 is 2.23 bits per heavy atom. The molecule has 0 nitrogen and oxygen atoms in total. The summed E-state index contributed by atoms with van der Waals surface area (Å²) in [5.41, 5.74) is 0. The third kappa shape index (κ3) is 12.6. The van der Waals surface area contributed by atoms with Crippen molar-refractivity contribution in [1.82, 2.24) is 0 Å². The summed E-state index contributed by atoms with van der Waals surface area (Å²) in [6, 6.07) is 0. The lowest BCUT2D eigenvalue weighted by Gasteiger charge is -2.01. The first-order valence-electron chi connectivity index (χ1n) is 5.37. The molecule has 2 heteroatoms. The molecule has 0 aliphatic heterocycles. The lowest BCUT2D eigenvalue weighted by molar-refractivity contribution is 0.602. The quantitative estimate of drug-likeness (QED) is 0.376. The predicted molar refractivity (Wildman–Crippen MR) is 62.4 cm³/mol. The van der Waals surface area contributed by atoms with Crippen LogP contribution in [-0.2, 0) is 0 Å². The van der Waals surface area contributed by atoms with Crippen LogP contribution in [0.15, 0.2) is 0 Å². The van der Waals surface area contributed by atoms with E-state index in [-0.39, 0.29) is 4.84 Å². The number of alkyl halides is 2. The zero-order valence-corrected chi connectivity index (χ0v) is 10.1. The van der Waals surface area contributed by atoms with Gasteiger partial charge < -0.3 is 0 Å². The Balaban J connectivity index is 2.84. The number of unbranched alkanes of at least 4 members (excludes halogenated alkanes) is 7. The Hall–Kier alpha value is 0.580. The van der Waals surface area contributed by atoms with E-state index in [2.05, 4.69) is 13.3 Å². The maximum absolute atomic E-state index is 5.59. The SMILES string of the molecule is CCCCCCCC[CH]CC(Cl)Cl. The van der Waals surface area contributed by atoms with Crippen molar-refractivity contribution >= 4 is 23.2 Å². The summed E-state index contributed by atoms with van der Waals surface area (Å²) in [6.45, 7) is 2.24. The topological polar surface area (TPSA) is 0 Å². The molecule has 0 fully saturated rings. The van der Waals surface area contributed by atoms with E-state index in [1.54, 1.807) is 0 Å². The molecule has 0 saturated carbocycles. The summed E-state index contributed by atoms with van der Waals surface area (Å²) in [5.74, 6) is 0. The van der Waals surface area contributed by atoms with Crippen LogP contribution in [0.3, 0.4) is 0 Å². The van der Waals surface area contributed by atoms with Gasteiger partial charge >= 0.3 is 0 Å². The van der Waals surface area contributed by atoms with Crippen LogP contribution in [0.2, 0.25) is 0 Å². The van der Waals surface area contributed by atoms with Gasteiger partial charge in [-0.25, -0.2) is 0 Å². The van der Waals surface area contributed by atoms with Crippen LogP contribution in [0.25, 0.3) is 0 Å². The fourth-order valence-corrected chi connectivity index (χ4v) is 1.56. The van der Waals surface area contributed by atoms with Crippen molar-refractivity contribution in [3.63, 3.8) is 0 Å². The molecule has 0 rings (SSSR count). The van der Waals surface area contributed by atoms with E-state index in [1.807, 2.05) is 0 Å². The third-order valence-electron chi connectivity index (χ3n) is 2.11. The van der Waals surface area contributed by atoms with Crippen molar-refractivity contribution < 1.29 is 0 Å². The molecule has 0 aromatic rings. The van der Waals surface area contributed by atoms with E-state index in [9.17, 15) is 0 Å². The van der Waals surface area contributed by atoms with E-state index in [0.717, 1.165) is 6.42 Å². The first-order chi connectivity index (χ1) is 6.27. The fourth-order valence-electron chi connectivity index (χ4n) is 1.31. The molecule has 0 saturated heterocycles. The van der Waals surface area contributed by atoms with E-state index >= 15 is 0 Å². The van der Waals surface area contributed by atoms with Gasteiger partial charge in [-0.1, -0.05) is 51.9 Å². The van der Waals surface area contributed by atoms with Gasteiger partial charge in [-0.15, -0.1) is 23.2 Å². The van der Waals surface area contributed by atoms with Crippen molar-refractivity contribution in [2.24, 2.45) is 0 Å². The Morgan fingerprint density at radius 2 is 1.62 bits per heavy atom. The summed E-state index contributed by atoms with van der Waals surface area (Å²) in [6.07, 6.45) is 12.3. The van der Waals surface area contributed by atoms with Gasteiger partial charge in [-0.2, -0.15) is 0 Å². The largest absolute Gasteiger partial charge is 0.108 e. The molecule has 13 heavy (non-hydrogen) atoms. The molecular formula is C11H21Cl2. The van der Waals surface area contributed by atoms with E-state index < -0.39 is 0 Å². The number of rotatable bonds is 9. The second-order valence-electron chi connectivity index (χ2n) is 3.47. The molecule has 0 heterocycles. The van der Waals surface area contributed by atoms with E-state index in [1.165, 1.54) is 44.9 Å². The minimum atomic E-state index is -0.208. The minimum absolute atomic E-state index is 0.208. The normalized spacial score (nSPS) is 11.1. The molecule has 0 bridgehead atoms. The Labute approximate surface area is 93.0 Å². The minimum Gasteiger partial charge on any atom is -0.105 e. The van der Waals surface area contributed by atoms with Crippen LogP contribution >= 0.6 is 23.2 Å². The van der Waals surface area contributed by atoms with Crippen molar-refractivity contribution in [3.05, 3.63) is 6.42 Å². The first kappa shape index (κ1) is 13.6. The van der Waals surface area contributed by atoms with Gasteiger partial charge in [0.1, 0.15) is 4.84 Å². The average Bonchev–Trinajstić information content (AvgIpc) is 2.09. The highest BCUT2D eigenvalue weighted by Gasteiger charge is 1.97. The van der Waals surface area contributed by atoms with Gasteiger partial charge in [0.05, 0.1) is 0 Å².